The lowest BCUT2D eigenvalue weighted by molar-refractivity contribution is 0.946. The first-order chi connectivity index (χ1) is 29.3. The Bertz CT molecular complexity index is 3130. The van der Waals surface area contributed by atoms with Crippen LogP contribution < -0.4 is 0 Å². The van der Waals surface area contributed by atoms with Gasteiger partial charge in [-0.2, -0.15) is 4.98 Å². The summed E-state index contributed by atoms with van der Waals surface area (Å²) < 4.78 is 4.61. The molecule has 0 saturated carbocycles. The fourth-order valence-electron chi connectivity index (χ4n) is 8.60. The van der Waals surface area contributed by atoms with Crippen LogP contribution in [0, 0.1) is 0 Å². The van der Waals surface area contributed by atoms with E-state index in [9.17, 15) is 0 Å². The van der Waals surface area contributed by atoms with Gasteiger partial charge in [-0.25, -0.2) is 9.97 Å². The SMILES string of the molecule is CC.c1ccc(-n2c3ccccc3c3ccc4c5ccccc5n(-c5ncnc(-c6cccc(S(c7ccccc7)(c7ccccc7)c7ccccc7)c6)n5)c4c32)cc1. The topological polar surface area (TPSA) is 48.5 Å². The van der Waals surface area contributed by atoms with E-state index >= 15 is 0 Å². The minimum Gasteiger partial charge on any atom is -0.307 e. The summed E-state index contributed by atoms with van der Waals surface area (Å²) in [4.78, 5) is 20.1. The number of nitrogens with zero attached hydrogens (tertiary/aromatic N) is 5. The van der Waals surface area contributed by atoms with Crippen molar-refractivity contribution in [3.63, 3.8) is 0 Å². The van der Waals surface area contributed by atoms with Crippen molar-refractivity contribution < 1.29 is 0 Å². The molecule has 0 amide bonds. The van der Waals surface area contributed by atoms with Crippen LogP contribution in [-0.2, 0) is 0 Å². The number of benzene rings is 8. The highest BCUT2D eigenvalue weighted by atomic mass is 32.3. The van der Waals surface area contributed by atoms with Crippen molar-refractivity contribution in [3.8, 4) is 23.0 Å². The zero-order chi connectivity index (χ0) is 39.8. The van der Waals surface area contributed by atoms with Crippen molar-refractivity contribution in [1.82, 2.24) is 24.1 Å². The van der Waals surface area contributed by atoms with E-state index in [-0.39, 0.29) is 0 Å². The molecule has 11 rings (SSSR count). The van der Waals surface area contributed by atoms with E-state index in [1.54, 1.807) is 6.33 Å². The molecular weight excluding hydrogens is 739 g/mol. The quantitative estimate of drug-likeness (QED) is 0.162. The van der Waals surface area contributed by atoms with Gasteiger partial charge in [0, 0.05) is 52.4 Å². The lowest BCUT2D eigenvalue weighted by atomic mass is 10.1. The van der Waals surface area contributed by atoms with Crippen LogP contribution in [0.3, 0.4) is 0 Å². The molecule has 5 nitrogen and oxygen atoms in total. The summed E-state index contributed by atoms with van der Waals surface area (Å²) >= 11 is 0. The molecule has 0 aliphatic rings. The smallest absolute Gasteiger partial charge is 0.238 e. The Kier molecular flexibility index (Phi) is 9.32. The third kappa shape index (κ3) is 5.83. The van der Waals surface area contributed by atoms with Crippen LogP contribution in [0.25, 0.3) is 66.6 Å². The Morgan fingerprint density at radius 2 is 0.847 bits per heavy atom. The maximum absolute atomic E-state index is 5.33. The summed E-state index contributed by atoms with van der Waals surface area (Å²) in [7, 11) is -1.90. The first-order valence-corrected chi connectivity index (χ1v) is 21.7. The fraction of sp³-hybridized carbons (Fsp3) is 0.0377. The predicted molar refractivity (Wildman–Crippen MR) is 245 cm³/mol. The van der Waals surface area contributed by atoms with Gasteiger partial charge in [-0.15, -0.1) is 10.0 Å². The summed E-state index contributed by atoms with van der Waals surface area (Å²) in [6.45, 7) is 4.00. The number of rotatable bonds is 7. The number of para-hydroxylation sites is 3. The second kappa shape index (κ2) is 15.2. The molecule has 284 valence electrons. The number of aromatic nitrogens is 5. The van der Waals surface area contributed by atoms with Crippen molar-refractivity contribution in [3.05, 3.63) is 213 Å². The van der Waals surface area contributed by atoms with Gasteiger partial charge in [0.2, 0.25) is 5.95 Å². The highest BCUT2D eigenvalue weighted by Gasteiger charge is 2.33. The molecule has 0 N–H and O–H groups in total. The molecule has 3 aromatic heterocycles. The summed E-state index contributed by atoms with van der Waals surface area (Å²) in [5, 5.41) is 4.66. The van der Waals surface area contributed by atoms with Gasteiger partial charge in [-0.1, -0.05) is 147 Å². The van der Waals surface area contributed by atoms with E-state index in [1.807, 2.05) is 13.8 Å². The maximum atomic E-state index is 5.33. The van der Waals surface area contributed by atoms with Gasteiger partial charge in [-0.3, -0.25) is 4.57 Å². The second-order valence-corrected chi connectivity index (χ2v) is 17.2. The van der Waals surface area contributed by atoms with E-state index in [1.165, 1.54) is 30.4 Å². The van der Waals surface area contributed by atoms with Crippen LogP contribution in [0.4, 0.5) is 0 Å². The van der Waals surface area contributed by atoms with Crippen molar-refractivity contribution in [1.29, 1.82) is 0 Å². The molecule has 0 saturated heterocycles. The molecule has 8 aromatic carbocycles. The molecule has 6 heteroatoms. The Labute approximate surface area is 345 Å². The number of fused-ring (bicyclic) bond motifs is 7. The van der Waals surface area contributed by atoms with Crippen LogP contribution in [-0.4, -0.2) is 24.1 Å². The summed E-state index contributed by atoms with van der Waals surface area (Å²) in [6.07, 6.45) is 1.66. The summed E-state index contributed by atoms with van der Waals surface area (Å²) in [5.41, 5.74) is 6.39. The number of hydrogen-bond donors (Lipinski definition) is 0. The van der Waals surface area contributed by atoms with E-state index < -0.39 is 10.0 Å². The summed E-state index contributed by atoms with van der Waals surface area (Å²) in [5.74, 6) is 1.19. The largest absolute Gasteiger partial charge is 0.307 e. The van der Waals surface area contributed by atoms with Crippen molar-refractivity contribution >= 4 is 53.6 Å². The molecule has 0 unspecified atom stereocenters. The van der Waals surface area contributed by atoms with Crippen LogP contribution in [0.5, 0.6) is 0 Å². The molecule has 0 atom stereocenters. The molecule has 11 aromatic rings. The van der Waals surface area contributed by atoms with Gasteiger partial charge in [0.1, 0.15) is 6.33 Å². The van der Waals surface area contributed by atoms with Crippen molar-refractivity contribution in [2.45, 2.75) is 33.4 Å². The molecule has 0 aliphatic heterocycles. The molecular formula is C53H41N5S. The van der Waals surface area contributed by atoms with Crippen molar-refractivity contribution in [2.24, 2.45) is 0 Å². The van der Waals surface area contributed by atoms with Gasteiger partial charge in [0.25, 0.3) is 0 Å². The van der Waals surface area contributed by atoms with E-state index in [0.717, 1.165) is 44.1 Å². The Morgan fingerprint density at radius 3 is 1.41 bits per heavy atom. The normalized spacial score (nSPS) is 11.8. The average Bonchev–Trinajstić information content (AvgIpc) is 3.85. The minimum absolute atomic E-state index is 0.571. The summed E-state index contributed by atoms with van der Waals surface area (Å²) in [6, 6.07) is 73.9. The van der Waals surface area contributed by atoms with Crippen LogP contribution in [0.15, 0.2) is 232 Å². The highest BCUT2D eigenvalue weighted by molar-refractivity contribution is 8.34. The van der Waals surface area contributed by atoms with Crippen LogP contribution in [0.1, 0.15) is 13.8 Å². The molecule has 3 heterocycles. The zero-order valence-corrected chi connectivity index (χ0v) is 33.7. The average molecular weight is 780 g/mol. The predicted octanol–water partition coefficient (Wildman–Crippen LogP) is 14.1. The second-order valence-electron chi connectivity index (χ2n) is 14.1. The monoisotopic (exact) mass is 779 g/mol. The van der Waals surface area contributed by atoms with Crippen LogP contribution in [0.2, 0.25) is 0 Å². The van der Waals surface area contributed by atoms with Gasteiger partial charge >= 0.3 is 0 Å². The van der Waals surface area contributed by atoms with E-state index in [0.29, 0.717) is 11.8 Å². The first-order valence-electron chi connectivity index (χ1n) is 20.1. The Morgan fingerprint density at radius 1 is 0.390 bits per heavy atom. The van der Waals surface area contributed by atoms with Gasteiger partial charge < -0.3 is 4.57 Å². The third-order valence-corrected chi connectivity index (χ3v) is 14.9. The van der Waals surface area contributed by atoms with Crippen molar-refractivity contribution in [2.75, 3.05) is 0 Å². The maximum Gasteiger partial charge on any atom is 0.238 e. The minimum atomic E-state index is -1.90. The third-order valence-electron chi connectivity index (χ3n) is 11.0. The molecule has 0 spiro atoms. The first kappa shape index (κ1) is 36.1. The lowest BCUT2D eigenvalue weighted by Gasteiger charge is -2.42. The van der Waals surface area contributed by atoms with Gasteiger partial charge in [0.15, 0.2) is 5.82 Å². The van der Waals surface area contributed by atoms with E-state index in [2.05, 4.69) is 215 Å². The molecule has 0 fully saturated rings. The fourth-order valence-corrected chi connectivity index (χ4v) is 12.5. The lowest BCUT2D eigenvalue weighted by Crippen LogP contribution is -2.06. The van der Waals surface area contributed by atoms with Gasteiger partial charge in [0.05, 0.1) is 22.1 Å². The molecule has 0 bridgehead atoms. The highest BCUT2D eigenvalue weighted by Crippen LogP contribution is 2.73. The van der Waals surface area contributed by atoms with Crippen LogP contribution >= 0.6 is 10.0 Å². The zero-order valence-electron chi connectivity index (χ0n) is 32.9. The standard InChI is InChI=1S/C51H35N5S.C2H6/c1-5-19-37(20-6-1)55-46-30-15-13-28-42(46)44-32-33-45-43-29-14-16-31-47(43)56(49(45)48(44)55)51-53-35-52-50(54-51)36-18-17-27-41(34-36)57(38-21-7-2-8-22-38,39-23-9-3-10-24-39)40-25-11-4-12-26-40;1-2/h1-35H;1-2H3. The molecule has 59 heavy (non-hydrogen) atoms. The van der Waals surface area contributed by atoms with E-state index in [4.69, 9.17) is 15.0 Å². The molecule has 0 aliphatic carbocycles. The van der Waals surface area contributed by atoms with Gasteiger partial charge in [-0.05, 0) is 72.8 Å². The number of hydrogen-bond acceptors (Lipinski definition) is 3. The Balaban J connectivity index is 0.00000207. The molecule has 0 radical (unpaired) electrons. The Hall–Kier alpha value is -7.28.